The molecule has 0 atom stereocenters. The Kier molecular flexibility index (Phi) is 4.44. The first-order valence-corrected chi connectivity index (χ1v) is 5.57. The van der Waals surface area contributed by atoms with Crippen LogP contribution in [0.25, 0.3) is 0 Å². The normalized spacial score (nSPS) is 14.3. The van der Waals surface area contributed by atoms with Crippen LogP contribution < -0.4 is 0 Å². The van der Waals surface area contributed by atoms with E-state index in [9.17, 15) is 34.8 Å². The molecule has 0 radical (unpaired) electrons. The van der Waals surface area contributed by atoms with Crippen molar-refractivity contribution in [2.45, 2.75) is 25.2 Å². The summed E-state index contributed by atoms with van der Waals surface area (Å²) in [6.07, 6.45) is -12.6. The van der Waals surface area contributed by atoms with Crippen LogP contribution in [-0.2, 0) is 9.84 Å². The number of rotatable bonds is 4. The summed E-state index contributed by atoms with van der Waals surface area (Å²) in [5.41, 5.74) is 0. The van der Waals surface area contributed by atoms with Gasteiger partial charge in [0, 0.05) is 0 Å². The molecule has 0 unspecified atom stereocenters. The van der Waals surface area contributed by atoms with E-state index >= 15 is 0 Å². The quantitative estimate of drug-likeness (QED) is 0.725. The third-order valence-electron chi connectivity index (χ3n) is 1.39. The second-order valence-electron chi connectivity index (χ2n) is 2.88. The van der Waals surface area contributed by atoms with Gasteiger partial charge in [-0.3, -0.25) is 0 Å². The van der Waals surface area contributed by atoms with Crippen molar-refractivity contribution in [2.24, 2.45) is 0 Å². The molecule has 0 bridgehead atoms. The fourth-order valence-corrected chi connectivity index (χ4v) is 1.93. The topological polar surface area (TPSA) is 34.1 Å². The lowest BCUT2D eigenvalue weighted by Gasteiger charge is -2.08. The van der Waals surface area contributed by atoms with Crippen molar-refractivity contribution in [3.63, 3.8) is 0 Å². The summed E-state index contributed by atoms with van der Waals surface area (Å²) >= 11 is 0. The molecule has 0 saturated carbocycles. The molecule has 92 valence electrons. The van der Waals surface area contributed by atoms with E-state index in [1.54, 1.807) is 0 Å². The van der Waals surface area contributed by atoms with E-state index in [-0.39, 0.29) is 0 Å². The number of alkyl halides is 6. The summed E-state index contributed by atoms with van der Waals surface area (Å²) in [7, 11) is -4.29. The summed E-state index contributed by atoms with van der Waals surface area (Å²) in [4.78, 5) is 0. The van der Waals surface area contributed by atoms with Crippen molar-refractivity contribution in [2.75, 3.05) is 11.5 Å². The van der Waals surface area contributed by atoms with Gasteiger partial charge in [-0.2, -0.15) is 26.3 Å². The minimum atomic E-state index is -4.68. The Morgan fingerprint density at radius 3 is 1.20 bits per heavy atom. The Hall–Kier alpha value is -0.470. The van der Waals surface area contributed by atoms with Gasteiger partial charge in [0.2, 0.25) is 0 Å². The fourth-order valence-electron chi connectivity index (χ4n) is 0.645. The van der Waals surface area contributed by atoms with E-state index in [1.807, 2.05) is 0 Å². The molecule has 0 rings (SSSR count). The van der Waals surface area contributed by atoms with Gasteiger partial charge in [0.15, 0.2) is 9.84 Å². The first-order valence-electron chi connectivity index (χ1n) is 3.75. The van der Waals surface area contributed by atoms with E-state index in [1.165, 1.54) is 0 Å². The highest BCUT2D eigenvalue weighted by molar-refractivity contribution is 7.91. The molecule has 0 saturated heterocycles. The van der Waals surface area contributed by atoms with Crippen LogP contribution in [0.5, 0.6) is 0 Å². The standard InChI is InChI=1S/C6H8F6O2S/c7-5(8,9)1-3-15(13,14)4-2-6(10,11)12/h1-4H2. The molecule has 15 heavy (non-hydrogen) atoms. The Balaban J connectivity index is 4.11. The zero-order valence-electron chi connectivity index (χ0n) is 7.32. The molecule has 0 amide bonds. The maximum absolute atomic E-state index is 11.6. The summed E-state index contributed by atoms with van der Waals surface area (Å²) < 4.78 is 90.9. The number of hydrogen-bond donors (Lipinski definition) is 0. The Bertz CT molecular complexity index is 264. The fraction of sp³-hybridized carbons (Fsp3) is 1.00. The molecule has 0 aromatic carbocycles. The molecular weight excluding hydrogens is 250 g/mol. The minimum absolute atomic E-state index is 1.30. The lowest BCUT2D eigenvalue weighted by Crippen LogP contribution is -2.21. The summed E-state index contributed by atoms with van der Waals surface area (Å²) in [6.45, 7) is 0. The maximum atomic E-state index is 11.6. The molecular formula is C6H8F6O2S. The molecule has 0 aliphatic heterocycles. The molecule has 0 aromatic heterocycles. The lowest BCUT2D eigenvalue weighted by atomic mass is 10.5. The van der Waals surface area contributed by atoms with Crippen LogP contribution in [0.15, 0.2) is 0 Å². The third-order valence-corrected chi connectivity index (χ3v) is 3.05. The minimum Gasteiger partial charge on any atom is -0.229 e. The van der Waals surface area contributed by atoms with Gasteiger partial charge in [0.1, 0.15) is 0 Å². The molecule has 0 N–H and O–H groups in total. The van der Waals surface area contributed by atoms with Crippen LogP contribution in [-0.4, -0.2) is 32.3 Å². The molecule has 0 aliphatic carbocycles. The average molecular weight is 258 g/mol. The summed E-state index contributed by atoms with van der Waals surface area (Å²) in [6, 6.07) is 0. The van der Waals surface area contributed by atoms with E-state index in [0.717, 1.165) is 0 Å². The molecule has 2 nitrogen and oxygen atoms in total. The van der Waals surface area contributed by atoms with Crippen LogP contribution >= 0.6 is 0 Å². The highest BCUT2D eigenvalue weighted by atomic mass is 32.2. The van der Waals surface area contributed by atoms with Gasteiger partial charge in [0.05, 0.1) is 24.3 Å². The van der Waals surface area contributed by atoms with Crippen molar-refractivity contribution < 1.29 is 34.8 Å². The second-order valence-corrected chi connectivity index (χ2v) is 5.19. The first kappa shape index (κ1) is 14.5. The average Bonchev–Trinajstić information content (AvgIpc) is 1.96. The van der Waals surface area contributed by atoms with Crippen LogP contribution in [0.1, 0.15) is 12.8 Å². The number of hydrogen-bond acceptors (Lipinski definition) is 2. The van der Waals surface area contributed by atoms with E-state index < -0.39 is 46.5 Å². The van der Waals surface area contributed by atoms with Crippen LogP contribution in [0, 0.1) is 0 Å². The molecule has 9 heteroatoms. The number of sulfone groups is 1. The monoisotopic (exact) mass is 258 g/mol. The first-order chi connectivity index (χ1) is 6.41. The maximum Gasteiger partial charge on any atom is 0.390 e. The molecule has 0 fully saturated rings. The van der Waals surface area contributed by atoms with Crippen molar-refractivity contribution in [1.82, 2.24) is 0 Å². The Morgan fingerprint density at radius 1 is 0.733 bits per heavy atom. The van der Waals surface area contributed by atoms with Crippen LogP contribution in [0.2, 0.25) is 0 Å². The summed E-state index contributed by atoms with van der Waals surface area (Å²) in [5.74, 6) is -2.60. The van der Waals surface area contributed by atoms with Crippen molar-refractivity contribution in [3.05, 3.63) is 0 Å². The molecule has 0 aromatic rings. The largest absolute Gasteiger partial charge is 0.390 e. The van der Waals surface area contributed by atoms with Gasteiger partial charge in [-0.05, 0) is 0 Å². The van der Waals surface area contributed by atoms with E-state index in [0.29, 0.717) is 0 Å². The van der Waals surface area contributed by atoms with E-state index in [4.69, 9.17) is 0 Å². The van der Waals surface area contributed by atoms with Crippen LogP contribution in [0.4, 0.5) is 26.3 Å². The number of halogens is 6. The zero-order chi connectivity index (χ0) is 12.3. The predicted molar refractivity (Wildman–Crippen MR) is 40.0 cm³/mol. The highest BCUT2D eigenvalue weighted by Gasteiger charge is 2.33. The second kappa shape index (κ2) is 4.58. The van der Waals surface area contributed by atoms with E-state index in [2.05, 4.69) is 0 Å². The Morgan fingerprint density at radius 2 is 1.00 bits per heavy atom. The summed E-state index contributed by atoms with van der Waals surface area (Å²) in [5, 5.41) is 0. The van der Waals surface area contributed by atoms with Crippen molar-refractivity contribution in [3.8, 4) is 0 Å². The van der Waals surface area contributed by atoms with Gasteiger partial charge in [-0.1, -0.05) is 0 Å². The molecule has 0 heterocycles. The van der Waals surface area contributed by atoms with Gasteiger partial charge in [-0.15, -0.1) is 0 Å². The molecule has 0 spiro atoms. The van der Waals surface area contributed by atoms with Crippen LogP contribution in [0.3, 0.4) is 0 Å². The third kappa shape index (κ3) is 9.83. The highest BCUT2D eigenvalue weighted by Crippen LogP contribution is 2.23. The zero-order valence-corrected chi connectivity index (χ0v) is 8.14. The smallest absolute Gasteiger partial charge is 0.229 e. The Labute approximate surface area is 82.2 Å². The SMILES string of the molecule is O=S(=O)(CCC(F)(F)F)CCC(F)(F)F. The van der Waals surface area contributed by atoms with Crippen molar-refractivity contribution in [1.29, 1.82) is 0 Å². The van der Waals surface area contributed by atoms with Crippen molar-refractivity contribution >= 4 is 9.84 Å². The van der Waals surface area contributed by atoms with Gasteiger partial charge >= 0.3 is 12.4 Å². The van der Waals surface area contributed by atoms with Gasteiger partial charge in [-0.25, -0.2) is 8.42 Å². The predicted octanol–water partition coefficient (Wildman–Crippen LogP) is 2.31. The lowest BCUT2D eigenvalue weighted by molar-refractivity contribution is -0.130. The van der Waals surface area contributed by atoms with Gasteiger partial charge < -0.3 is 0 Å². The van der Waals surface area contributed by atoms with Gasteiger partial charge in [0.25, 0.3) is 0 Å². The molecule has 0 aliphatic rings.